The standard InChI is InChI=1S/C27H27FN2O3/c1-17-8-9-20(16-25(17)29-26(31)23-6-4-5-7-24(23)28)27(32)30(18(2)19-10-11-19)21-12-14-22(33-3)15-13-21/h4-9,12-16,18-19H,10-11H2,1-3H3,(H,29,31). The van der Waals surface area contributed by atoms with Gasteiger partial charge in [-0.2, -0.15) is 0 Å². The number of rotatable bonds is 7. The lowest BCUT2D eigenvalue weighted by Gasteiger charge is -2.30. The SMILES string of the molecule is COc1ccc(N(C(=O)c2ccc(C)c(NC(=O)c3ccccc3F)c2)C(C)C2CC2)cc1. The molecule has 0 bridgehead atoms. The lowest BCUT2D eigenvalue weighted by molar-refractivity contribution is 0.0973. The average Bonchev–Trinajstić information content (AvgIpc) is 3.67. The summed E-state index contributed by atoms with van der Waals surface area (Å²) in [6.07, 6.45) is 2.19. The Balaban J connectivity index is 1.64. The molecule has 1 N–H and O–H groups in total. The van der Waals surface area contributed by atoms with Gasteiger partial charge in [-0.3, -0.25) is 9.59 Å². The monoisotopic (exact) mass is 446 g/mol. The first-order valence-corrected chi connectivity index (χ1v) is 11.0. The predicted octanol–water partition coefficient (Wildman–Crippen LogP) is 5.84. The first-order chi connectivity index (χ1) is 15.9. The van der Waals surface area contributed by atoms with Gasteiger partial charge >= 0.3 is 0 Å². The molecule has 0 radical (unpaired) electrons. The molecule has 170 valence electrons. The Bertz CT molecular complexity index is 1170. The van der Waals surface area contributed by atoms with E-state index in [2.05, 4.69) is 12.2 Å². The maximum Gasteiger partial charge on any atom is 0.258 e. The van der Waals surface area contributed by atoms with Gasteiger partial charge < -0.3 is 15.0 Å². The van der Waals surface area contributed by atoms with Crippen LogP contribution >= 0.6 is 0 Å². The summed E-state index contributed by atoms with van der Waals surface area (Å²) in [5.74, 6) is -0.121. The molecule has 1 saturated carbocycles. The maximum absolute atomic E-state index is 14.0. The van der Waals surface area contributed by atoms with Crippen molar-refractivity contribution in [1.82, 2.24) is 0 Å². The van der Waals surface area contributed by atoms with Gasteiger partial charge in [0, 0.05) is 23.0 Å². The second-order valence-electron chi connectivity index (χ2n) is 8.41. The Morgan fingerprint density at radius 1 is 1.06 bits per heavy atom. The minimum atomic E-state index is -0.594. The van der Waals surface area contributed by atoms with E-state index in [1.165, 1.54) is 18.2 Å². The largest absolute Gasteiger partial charge is 0.497 e. The maximum atomic E-state index is 14.0. The molecule has 4 rings (SSSR count). The molecule has 2 amide bonds. The van der Waals surface area contributed by atoms with Crippen molar-refractivity contribution in [1.29, 1.82) is 0 Å². The van der Waals surface area contributed by atoms with Crippen LogP contribution in [0.5, 0.6) is 5.75 Å². The molecule has 1 atom stereocenters. The van der Waals surface area contributed by atoms with Crippen LogP contribution in [0.2, 0.25) is 0 Å². The van der Waals surface area contributed by atoms with Gasteiger partial charge in [-0.05, 0) is 86.7 Å². The minimum absolute atomic E-state index is 0.0312. The minimum Gasteiger partial charge on any atom is -0.497 e. The first kappa shape index (κ1) is 22.5. The van der Waals surface area contributed by atoms with Crippen molar-refractivity contribution in [2.75, 3.05) is 17.3 Å². The third kappa shape index (κ3) is 4.90. The van der Waals surface area contributed by atoms with Crippen LogP contribution in [0.25, 0.3) is 0 Å². The molecule has 3 aromatic carbocycles. The number of amides is 2. The smallest absolute Gasteiger partial charge is 0.258 e. The molecule has 1 fully saturated rings. The number of halogens is 1. The highest BCUT2D eigenvalue weighted by Crippen LogP contribution is 2.38. The van der Waals surface area contributed by atoms with Crippen molar-refractivity contribution in [3.63, 3.8) is 0 Å². The van der Waals surface area contributed by atoms with Crippen molar-refractivity contribution in [3.05, 3.63) is 89.2 Å². The number of hydrogen-bond donors (Lipinski definition) is 1. The fourth-order valence-corrected chi connectivity index (χ4v) is 3.93. The van der Waals surface area contributed by atoms with E-state index in [4.69, 9.17) is 4.74 Å². The van der Waals surface area contributed by atoms with Crippen molar-refractivity contribution in [2.24, 2.45) is 5.92 Å². The number of carbonyl (C=O) groups is 2. The molecular formula is C27H27FN2O3. The van der Waals surface area contributed by atoms with Crippen LogP contribution in [0.15, 0.2) is 66.7 Å². The fraction of sp³-hybridized carbons (Fsp3) is 0.259. The summed E-state index contributed by atoms with van der Waals surface area (Å²) in [5.41, 5.74) is 2.45. The summed E-state index contributed by atoms with van der Waals surface area (Å²) in [7, 11) is 1.61. The van der Waals surface area contributed by atoms with E-state index >= 15 is 0 Å². The van der Waals surface area contributed by atoms with Crippen LogP contribution in [-0.2, 0) is 0 Å². The van der Waals surface area contributed by atoms with Gasteiger partial charge in [-0.1, -0.05) is 18.2 Å². The molecule has 0 spiro atoms. The first-order valence-electron chi connectivity index (χ1n) is 11.0. The summed E-state index contributed by atoms with van der Waals surface area (Å²) >= 11 is 0. The van der Waals surface area contributed by atoms with E-state index in [0.29, 0.717) is 17.2 Å². The number of methoxy groups -OCH3 is 1. The van der Waals surface area contributed by atoms with Gasteiger partial charge in [-0.25, -0.2) is 4.39 Å². The van der Waals surface area contributed by atoms with E-state index in [1.54, 1.807) is 31.4 Å². The lowest BCUT2D eigenvalue weighted by atomic mass is 10.0. The van der Waals surface area contributed by atoms with Crippen LogP contribution in [0.3, 0.4) is 0 Å². The van der Waals surface area contributed by atoms with Crippen LogP contribution in [0, 0.1) is 18.7 Å². The molecule has 33 heavy (non-hydrogen) atoms. The summed E-state index contributed by atoms with van der Waals surface area (Å²) in [5, 5.41) is 2.75. The quantitative estimate of drug-likeness (QED) is 0.496. The second-order valence-corrected chi connectivity index (χ2v) is 8.41. The van der Waals surface area contributed by atoms with Crippen molar-refractivity contribution in [3.8, 4) is 5.75 Å². The zero-order chi connectivity index (χ0) is 23.5. The number of aryl methyl sites for hydroxylation is 1. The fourth-order valence-electron chi connectivity index (χ4n) is 3.93. The van der Waals surface area contributed by atoms with Gasteiger partial charge in [0.2, 0.25) is 0 Å². The highest BCUT2D eigenvalue weighted by atomic mass is 19.1. The number of ether oxygens (including phenoxy) is 1. The van der Waals surface area contributed by atoms with E-state index < -0.39 is 11.7 Å². The van der Waals surface area contributed by atoms with E-state index in [-0.39, 0.29) is 17.5 Å². The number of hydrogen-bond acceptors (Lipinski definition) is 3. The Morgan fingerprint density at radius 3 is 2.39 bits per heavy atom. The Kier molecular flexibility index (Phi) is 6.45. The summed E-state index contributed by atoms with van der Waals surface area (Å²) < 4.78 is 19.3. The van der Waals surface area contributed by atoms with Crippen LogP contribution < -0.4 is 15.0 Å². The van der Waals surface area contributed by atoms with E-state index in [0.717, 1.165) is 29.8 Å². The molecule has 0 heterocycles. The van der Waals surface area contributed by atoms with Gasteiger partial charge in [0.05, 0.1) is 12.7 Å². The van der Waals surface area contributed by atoms with Crippen molar-refractivity contribution < 1.29 is 18.7 Å². The number of anilines is 2. The highest BCUT2D eigenvalue weighted by molar-refractivity contribution is 6.09. The van der Waals surface area contributed by atoms with Crippen LogP contribution in [-0.4, -0.2) is 25.0 Å². The molecule has 1 aliphatic carbocycles. The lowest BCUT2D eigenvalue weighted by Crippen LogP contribution is -2.40. The molecule has 0 aliphatic heterocycles. The molecule has 0 saturated heterocycles. The van der Waals surface area contributed by atoms with Crippen LogP contribution in [0.1, 0.15) is 46.0 Å². The third-order valence-electron chi connectivity index (χ3n) is 6.13. The zero-order valence-corrected chi connectivity index (χ0v) is 19.0. The molecule has 6 heteroatoms. The Hall–Kier alpha value is -3.67. The van der Waals surface area contributed by atoms with E-state index in [9.17, 15) is 14.0 Å². The number of carbonyl (C=O) groups excluding carboxylic acids is 2. The average molecular weight is 447 g/mol. The molecular weight excluding hydrogens is 419 g/mol. The predicted molar refractivity (Wildman–Crippen MR) is 128 cm³/mol. The normalized spacial score (nSPS) is 13.8. The number of nitrogens with zero attached hydrogens (tertiary/aromatic N) is 1. The second kappa shape index (κ2) is 9.45. The van der Waals surface area contributed by atoms with Gasteiger partial charge in [0.25, 0.3) is 11.8 Å². The highest BCUT2D eigenvalue weighted by Gasteiger charge is 2.35. The molecule has 0 aromatic heterocycles. The zero-order valence-electron chi connectivity index (χ0n) is 19.0. The van der Waals surface area contributed by atoms with Gasteiger partial charge in [-0.15, -0.1) is 0 Å². The molecule has 3 aromatic rings. The third-order valence-corrected chi connectivity index (χ3v) is 6.13. The summed E-state index contributed by atoms with van der Waals surface area (Å²) in [6.45, 7) is 3.90. The topological polar surface area (TPSA) is 58.6 Å². The molecule has 1 unspecified atom stereocenters. The molecule has 5 nitrogen and oxygen atoms in total. The van der Waals surface area contributed by atoms with E-state index in [1.807, 2.05) is 36.1 Å². The van der Waals surface area contributed by atoms with Crippen LogP contribution in [0.4, 0.5) is 15.8 Å². The van der Waals surface area contributed by atoms with Gasteiger partial charge in [0.1, 0.15) is 11.6 Å². The van der Waals surface area contributed by atoms with Gasteiger partial charge in [0.15, 0.2) is 0 Å². The van der Waals surface area contributed by atoms with Crippen molar-refractivity contribution in [2.45, 2.75) is 32.7 Å². The summed E-state index contributed by atoms with van der Waals surface area (Å²) in [4.78, 5) is 28.1. The number of benzene rings is 3. The molecule has 1 aliphatic rings. The Labute approximate surface area is 193 Å². The summed E-state index contributed by atoms with van der Waals surface area (Å²) in [6, 6.07) is 18.5. The Morgan fingerprint density at radius 2 is 1.76 bits per heavy atom. The van der Waals surface area contributed by atoms with Crippen molar-refractivity contribution >= 4 is 23.2 Å². The number of nitrogens with one attached hydrogen (secondary N) is 1.